The van der Waals surface area contributed by atoms with Crippen molar-refractivity contribution >= 4 is 11.9 Å². The Kier molecular flexibility index (Phi) is 5.36. The Morgan fingerprint density at radius 3 is 2.44 bits per heavy atom. The van der Waals surface area contributed by atoms with Crippen LogP contribution in [0.15, 0.2) is 24.3 Å². The summed E-state index contributed by atoms with van der Waals surface area (Å²) in [7, 11) is 0. The van der Waals surface area contributed by atoms with Gasteiger partial charge in [0.25, 0.3) is 0 Å². The van der Waals surface area contributed by atoms with E-state index in [1.165, 1.54) is 12.5 Å². The summed E-state index contributed by atoms with van der Waals surface area (Å²) in [5.41, 5.74) is 2.13. The number of rotatable bonds is 5. The Balaban J connectivity index is 2.32. The number of esters is 1. The molecule has 0 aliphatic carbocycles. The molecule has 1 aromatic rings. The highest BCUT2D eigenvalue weighted by Gasteiger charge is 2.10. The van der Waals surface area contributed by atoms with Gasteiger partial charge in [-0.15, -0.1) is 0 Å². The van der Waals surface area contributed by atoms with Crippen LogP contribution in [0.25, 0.3) is 0 Å². The number of aryl methyl sites for hydroxylation is 1. The number of hydrogen-bond acceptors (Lipinski definition) is 3. The summed E-state index contributed by atoms with van der Waals surface area (Å²) < 4.78 is 5.13. The normalized spacial score (nSPS) is 11.7. The zero-order valence-corrected chi connectivity index (χ0v) is 11.0. The third-order valence-corrected chi connectivity index (χ3v) is 2.44. The van der Waals surface area contributed by atoms with Crippen LogP contribution in [0.5, 0.6) is 0 Å². The average Bonchev–Trinajstić information content (AvgIpc) is 2.27. The van der Waals surface area contributed by atoms with Gasteiger partial charge in [-0.3, -0.25) is 9.59 Å². The number of carbonyl (C=O) groups excluding carboxylic acids is 2. The summed E-state index contributed by atoms with van der Waals surface area (Å²) in [5.74, 6) is -0.453. The van der Waals surface area contributed by atoms with E-state index in [1.54, 1.807) is 6.92 Å². The Labute approximate surface area is 107 Å². The van der Waals surface area contributed by atoms with Crippen molar-refractivity contribution in [1.82, 2.24) is 5.32 Å². The highest BCUT2D eigenvalue weighted by atomic mass is 16.5. The molecular formula is C14H19NO3. The molecule has 1 N–H and O–H groups in total. The van der Waals surface area contributed by atoms with Crippen LogP contribution in [0.4, 0.5) is 0 Å². The lowest BCUT2D eigenvalue weighted by Crippen LogP contribution is -2.32. The van der Waals surface area contributed by atoms with Crippen molar-refractivity contribution in [3.63, 3.8) is 0 Å². The van der Waals surface area contributed by atoms with E-state index >= 15 is 0 Å². The zero-order chi connectivity index (χ0) is 13.5. The molecule has 18 heavy (non-hydrogen) atoms. The van der Waals surface area contributed by atoms with Crippen LogP contribution in [-0.2, 0) is 20.9 Å². The molecule has 0 saturated heterocycles. The van der Waals surface area contributed by atoms with E-state index in [0.717, 1.165) is 5.56 Å². The van der Waals surface area contributed by atoms with Gasteiger partial charge in [0.15, 0.2) is 0 Å². The second-order valence-corrected chi connectivity index (χ2v) is 4.45. The van der Waals surface area contributed by atoms with Gasteiger partial charge < -0.3 is 10.1 Å². The molecule has 0 aliphatic rings. The first-order valence-corrected chi connectivity index (χ1v) is 5.95. The van der Waals surface area contributed by atoms with Gasteiger partial charge in [-0.2, -0.15) is 0 Å². The molecule has 0 heterocycles. The van der Waals surface area contributed by atoms with Gasteiger partial charge in [-0.25, -0.2) is 0 Å². The second-order valence-electron chi connectivity index (χ2n) is 4.45. The molecule has 0 bridgehead atoms. The van der Waals surface area contributed by atoms with Crippen LogP contribution in [0.3, 0.4) is 0 Å². The molecule has 4 nitrogen and oxygen atoms in total. The summed E-state index contributed by atoms with van der Waals surface area (Å²) in [5, 5.41) is 2.64. The van der Waals surface area contributed by atoms with E-state index < -0.39 is 0 Å². The lowest BCUT2D eigenvalue weighted by molar-refractivity contribution is -0.145. The Morgan fingerprint density at radius 1 is 1.28 bits per heavy atom. The molecule has 0 unspecified atom stereocenters. The molecule has 1 rings (SSSR count). The van der Waals surface area contributed by atoms with Crippen molar-refractivity contribution in [2.24, 2.45) is 0 Å². The zero-order valence-electron chi connectivity index (χ0n) is 11.0. The molecule has 1 aromatic carbocycles. The minimum absolute atomic E-state index is 0.145. The molecule has 98 valence electrons. The van der Waals surface area contributed by atoms with Crippen molar-refractivity contribution in [1.29, 1.82) is 0 Å². The van der Waals surface area contributed by atoms with E-state index in [4.69, 9.17) is 4.74 Å². The van der Waals surface area contributed by atoms with Gasteiger partial charge in [0, 0.05) is 13.0 Å². The first-order chi connectivity index (χ1) is 8.47. The molecular weight excluding hydrogens is 230 g/mol. The lowest BCUT2D eigenvalue weighted by atomic mass is 10.2. The smallest absolute Gasteiger partial charge is 0.308 e. The van der Waals surface area contributed by atoms with Crippen LogP contribution < -0.4 is 5.32 Å². The molecule has 0 spiro atoms. The van der Waals surface area contributed by atoms with Gasteiger partial charge in [0.05, 0.1) is 6.42 Å². The quantitative estimate of drug-likeness (QED) is 0.811. The first-order valence-electron chi connectivity index (χ1n) is 5.95. The number of carbonyl (C=O) groups is 2. The van der Waals surface area contributed by atoms with Crippen LogP contribution >= 0.6 is 0 Å². The van der Waals surface area contributed by atoms with Crippen LogP contribution in [-0.4, -0.2) is 17.9 Å². The van der Waals surface area contributed by atoms with Crippen LogP contribution in [0.2, 0.25) is 0 Å². The number of ether oxygens (including phenoxy) is 1. The predicted molar refractivity (Wildman–Crippen MR) is 68.9 cm³/mol. The van der Waals surface area contributed by atoms with E-state index in [-0.39, 0.29) is 30.9 Å². The molecule has 1 atom stereocenters. The van der Waals surface area contributed by atoms with Crippen molar-refractivity contribution < 1.29 is 14.3 Å². The minimum Gasteiger partial charge on any atom is -0.461 e. The van der Waals surface area contributed by atoms with Crippen molar-refractivity contribution in [2.75, 3.05) is 0 Å². The molecule has 0 aromatic heterocycles. The summed E-state index contributed by atoms with van der Waals surface area (Å²) in [6.45, 7) is 5.47. The van der Waals surface area contributed by atoms with Crippen molar-refractivity contribution in [3.8, 4) is 0 Å². The van der Waals surface area contributed by atoms with Crippen LogP contribution in [0, 0.1) is 6.92 Å². The van der Waals surface area contributed by atoms with Gasteiger partial charge in [-0.05, 0) is 19.4 Å². The molecule has 4 heteroatoms. The molecule has 0 saturated carbocycles. The molecule has 1 amide bonds. The van der Waals surface area contributed by atoms with E-state index in [1.807, 2.05) is 31.2 Å². The highest BCUT2D eigenvalue weighted by molar-refractivity contribution is 5.75. The third-order valence-electron chi connectivity index (χ3n) is 2.44. The fourth-order valence-corrected chi connectivity index (χ4v) is 1.56. The average molecular weight is 249 g/mol. The fourth-order valence-electron chi connectivity index (χ4n) is 1.56. The Morgan fingerprint density at radius 2 is 1.89 bits per heavy atom. The maximum absolute atomic E-state index is 11.5. The minimum atomic E-state index is -0.308. The van der Waals surface area contributed by atoms with Gasteiger partial charge >= 0.3 is 5.97 Å². The number of amides is 1. The lowest BCUT2D eigenvalue weighted by Gasteiger charge is -2.11. The topological polar surface area (TPSA) is 55.4 Å². The molecule has 0 radical (unpaired) electrons. The summed E-state index contributed by atoms with van der Waals surface area (Å²) in [6, 6.07) is 7.61. The summed E-state index contributed by atoms with van der Waals surface area (Å²) in [4.78, 5) is 22.3. The van der Waals surface area contributed by atoms with Crippen molar-refractivity contribution in [3.05, 3.63) is 35.4 Å². The maximum atomic E-state index is 11.5. The molecule has 0 aliphatic heterocycles. The predicted octanol–water partition coefficient (Wildman–Crippen LogP) is 1.95. The highest BCUT2D eigenvalue weighted by Crippen LogP contribution is 2.05. The van der Waals surface area contributed by atoms with E-state index in [9.17, 15) is 9.59 Å². The van der Waals surface area contributed by atoms with E-state index in [0.29, 0.717) is 0 Å². The summed E-state index contributed by atoms with van der Waals surface area (Å²) in [6.07, 6.45) is 0.186. The first kappa shape index (κ1) is 14.2. The largest absolute Gasteiger partial charge is 0.461 e. The van der Waals surface area contributed by atoms with Crippen LogP contribution in [0.1, 0.15) is 31.4 Å². The van der Waals surface area contributed by atoms with E-state index in [2.05, 4.69) is 5.32 Å². The SMILES string of the molecule is CC(=O)N[C@H](C)CC(=O)OCc1ccc(C)cc1. The fraction of sp³-hybridized carbons (Fsp3) is 0.429. The standard InChI is InChI=1S/C14H19NO3/c1-10-4-6-13(7-5-10)9-18-14(17)8-11(2)15-12(3)16/h4-7,11H,8-9H2,1-3H3,(H,15,16)/t11-/m1/s1. The Hall–Kier alpha value is -1.84. The monoisotopic (exact) mass is 249 g/mol. The number of nitrogens with one attached hydrogen (secondary N) is 1. The maximum Gasteiger partial charge on any atom is 0.308 e. The van der Waals surface area contributed by atoms with Gasteiger partial charge in [0.2, 0.25) is 5.91 Å². The Bertz CT molecular complexity index is 412. The van der Waals surface area contributed by atoms with Crippen molar-refractivity contribution in [2.45, 2.75) is 39.8 Å². The van der Waals surface area contributed by atoms with Gasteiger partial charge in [0.1, 0.15) is 6.61 Å². The number of hydrogen-bond donors (Lipinski definition) is 1. The molecule has 0 fully saturated rings. The third kappa shape index (κ3) is 5.48. The van der Waals surface area contributed by atoms with Gasteiger partial charge in [-0.1, -0.05) is 29.8 Å². The second kappa shape index (κ2) is 6.79. The summed E-state index contributed by atoms with van der Waals surface area (Å²) >= 11 is 0. The number of benzene rings is 1.